The van der Waals surface area contributed by atoms with Crippen LogP contribution in [0.3, 0.4) is 0 Å². The Morgan fingerprint density at radius 3 is 2.86 bits per heavy atom. The molecule has 0 spiro atoms. The highest BCUT2D eigenvalue weighted by molar-refractivity contribution is 5.59. The molecule has 0 bridgehead atoms. The van der Waals surface area contributed by atoms with Gasteiger partial charge in [0.25, 0.3) is 0 Å². The predicted molar refractivity (Wildman–Crippen MR) is 80.3 cm³/mol. The summed E-state index contributed by atoms with van der Waals surface area (Å²) in [5.41, 5.74) is 2.14. The van der Waals surface area contributed by atoms with Crippen LogP contribution in [-0.2, 0) is 6.54 Å². The molecular formula is C15H15N5O. The van der Waals surface area contributed by atoms with Crippen molar-refractivity contribution in [2.24, 2.45) is 0 Å². The topological polar surface area (TPSA) is 75.9 Å². The van der Waals surface area contributed by atoms with E-state index >= 15 is 0 Å². The molecule has 0 radical (unpaired) electrons. The molecule has 2 heterocycles. The smallest absolute Gasteiger partial charge is 0.245 e. The van der Waals surface area contributed by atoms with E-state index in [9.17, 15) is 0 Å². The molecule has 0 atom stereocenters. The van der Waals surface area contributed by atoms with Crippen molar-refractivity contribution < 1.29 is 4.42 Å². The summed E-state index contributed by atoms with van der Waals surface area (Å²) in [5.74, 6) is 1.90. The molecule has 6 nitrogen and oxygen atoms in total. The summed E-state index contributed by atoms with van der Waals surface area (Å²) in [6, 6.07) is 11.7. The lowest BCUT2D eigenvalue weighted by Gasteiger charge is -2.09. The molecule has 0 aliphatic rings. The van der Waals surface area contributed by atoms with Crippen LogP contribution in [0.25, 0.3) is 0 Å². The Balaban J connectivity index is 1.70. The quantitative estimate of drug-likeness (QED) is 0.748. The van der Waals surface area contributed by atoms with Crippen LogP contribution >= 0.6 is 0 Å². The van der Waals surface area contributed by atoms with Crippen LogP contribution in [0, 0.1) is 6.92 Å². The lowest BCUT2D eigenvalue weighted by atomic mass is 10.2. The lowest BCUT2D eigenvalue weighted by Crippen LogP contribution is -2.06. The summed E-state index contributed by atoms with van der Waals surface area (Å²) in [7, 11) is 0. The van der Waals surface area contributed by atoms with Gasteiger partial charge in [-0.15, -0.1) is 5.10 Å². The highest BCUT2D eigenvalue weighted by Crippen LogP contribution is 2.18. The molecule has 106 valence electrons. The van der Waals surface area contributed by atoms with Crippen molar-refractivity contribution in [3.8, 4) is 0 Å². The van der Waals surface area contributed by atoms with E-state index in [2.05, 4.69) is 25.8 Å². The maximum absolute atomic E-state index is 5.24. The average molecular weight is 281 g/mol. The van der Waals surface area contributed by atoms with Crippen molar-refractivity contribution in [3.05, 3.63) is 60.2 Å². The molecule has 0 aliphatic heterocycles. The normalized spacial score (nSPS) is 10.3. The van der Waals surface area contributed by atoms with E-state index in [1.807, 2.05) is 43.3 Å². The highest BCUT2D eigenvalue weighted by atomic mass is 16.3. The van der Waals surface area contributed by atoms with Crippen LogP contribution in [0.5, 0.6) is 0 Å². The minimum absolute atomic E-state index is 0.449. The molecule has 0 fully saturated rings. The van der Waals surface area contributed by atoms with Crippen molar-refractivity contribution in [2.45, 2.75) is 13.5 Å². The zero-order valence-electron chi connectivity index (χ0n) is 11.6. The third-order valence-electron chi connectivity index (χ3n) is 2.97. The van der Waals surface area contributed by atoms with Crippen molar-refractivity contribution in [1.29, 1.82) is 0 Å². The summed E-state index contributed by atoms with van der Waals surface area (Å²) >= 11 is 0. The van der Waals surface area contributed by atoms with Gasteiger partial charge in [0.1, 0.15) is 5.76 Å². The standard InChI is InChI=1S/C15H15N5O/c1-11-5-2-3-7-13(11)18-14-10-17-20-15(19-14)16-9-12-6-4-8-21-12/h2-8,10H,9H2,1H3,(H2,16,18,19,20). The Bertz CT molecular complexity index is 712. The first kappa shape index (κ1) is 13.1. The fourth-order valence-electron chi connectivity index (χ4n) is 1.87. The third kappa shape index (κ3) is 3.36. The minimum atomic E-state index is 0.449. The Hall–Kier alpha value is -2.89. The second-order valence-corrected chi connectivity index (χ2v) is 4.54. The summed E-state index contributed by atoms with van der Waals surface area (Å²) in [6.45, 7) is 2.55. The number of nitrogens with one attached hydrogen (secondary N) is 2. The van der Waals surface area contributed by atoms with E-state index in [4.69, 9.17) is 4.42 Å². The number of aromatic nitrogens is 3. The van der Waals surface area contributed by atoms with E-state index in [1.165, 1.54) is 0 Å². The monoisotopic (exact) mass is 281 g/mol. The van der Waals surface area contributed by atoms with Gasteiger partial charge in [-0.2, -0.15) is 10.1 Å². The number of aryl methyl sites for hydroxylation is 1. The number of furan rings is 1. The Morgan fingerprint density at radius 1 is 1.14 bits per heavy atom. The predicted octanol–water partition coefficient (Wildman–Crippen LogP) is 3.13. The van der Waals surface area contributed by atoms with Gasteiger partial charge in [0.05, 0.1) is 19.0 Å². The molecule has 3 aromatic rings. The third-order valence-corrected chi connectivity index (χ3v) is 2.97. The largest absolute Gasteiger partial charge is 0.467 e. The zero-order chi connectivity index (χ0) is 14.5. The Labute approximate surface area is 122 Å². The van der Waals surface area contributed by atoms with Gasteiger partial charge < -0.3 is 15.1 Å². The Kier molecular flexibility index (Phi) is 3.77. The molecule has 0 saturated carbocycles. The van der Waals surface area contributed by atoms with Gasteiger partial charge in [-0.3, -0.25) is 0 Å². The van der Waals surface area contributed by atoms with Crippen LogP contribution < -0.4 is 10.6 Å². The second-order valence-electron chi connectivity index (χ2n) is 4.54. The number of rotatable bonds is 5. The van der Waals surface area contributed by atoms with E-state index in [-0.39, 0.29) is 0 Å². The molecule has 0 aliphatic carbocycles. The number of para-hydroxylation sites is 1. The molecule has 2 aromatic heterocycles. The van der Waals surface area contributed by atoms with Gasteiger partial charge in [-0.1, -0.05) is 18.2 Å². The molecule has 3 rings (SSSR count). The van der Waals surface area contributed by atoms with Crippen LogP contribution in [0.1, 0.15) is 11.3 Å². The maximum atomic E-state index is 5.24. The Morgan fingerprint density at radius 2 is 2.05 bits per heavy atom. The first-order valence-electron chi connectivity index (χ1n) is 6.60. The number of nitrogens with zero attached hydrogens (tertiary/aromatic N) is 3. The van der Waals surface area contributed by atoms with Crippen molar-refractivity contribution in [2.75, 3.05) is 10.6 Å². The van der Waals surface area contributed by atoms with Gasteiger partial charge in [0.2, 0.25) is 5.95 Å². The van der Waals surface area contributed by atoms with E-state index in [0.717, 1.165) is 17.0 Å². The van der Waals surface area contributed by atoms with Crippen molar-refractivity contribution in [1.82, 2.24) is 15.2 Å². The van der Waals surface area contributed by atoms with Gasteiger partial charge in [-0.05, 0) is 30.7 Å². The average Bonchev–Trinajstić information content (AvgIpc) is 3.01. The van der Waals surface area contributed by atoms with Gasteiger partial charge in [0.15, 0.2) is 5.82 Å². The number of hydrogen-bond donors (Lipinski definition) is 2. The van der Waals surface area contributed by atoms with E-state index in [0.29, 0.717) is 18.3 Å². The minimum Gasteiger partial charge on any atom is -0.467 e. The highest BCUT2D eigenvalue weighted by Gasteiger charge is 2.03. The molecule has 0 unspecified atom stereocenters. The molecule has 0 saturated heterocycles. The summed E-state index contributed by atoms with van der Waals surface area (Å²) < 4.78 is 5.24. The number of hydrogen-bond acceptors (Lipinski definition) is 6. The zero-order valence-corrected chi connectivity index (χ0v) is 11.6. The van der Waals surface area contributed by atoms with Crippen LogP contribution in [0.4, 0.5) is 17.5 Å². The maximum Gasteiger partial charge on any atom is 0.245 e. The van der Waals surface area contributed by atoms with Crippen molar-refractivity contribution >= 4 is 17.5 Å². The van der Waals surface area contributed by atoms with Gasteiger partial charge >= 0.3 is 0 Å². The molecule has 6 heteroatoms. The fourth-order valence-corrected chi connectivity index (χ4v) is 1.87. The lowest BCUT2D eigenvalue weighted by molar-refractivity contribution is 0.517. The summed E-state index contributed by atoms with van der Waals surface area (Å²) in [4.78, 5) is 4.37. The fraction of sp³-hybridized carbons (Fsp3) is 0.133. The van der Waals surface area contributed by atoms with Gasteiger partial charge in [-0.25, -0.2) is 0 Å². The first-order valence-corrected chi connectivity index (χ1v) is 6.60. The van der Waals surface area contributed by atoms with Crippen molar-refractivity contribution in [3.63, 3.8) is 0 Å². The molecule has 1 aromatic carbocycles. The number of anilines is 3. The first-order chi connectivity index (χ1) is 10.3. The molecule has 0 amide bonds. The molecule has 21 heavy (non-hydrogen) atoms. The SMILES string of the molecule is Cc1ccccc1Nc1cnnc(NCc2ccco2)n1. The number of benzene rings is 1. The summed E-state index contributed by atoms with van der Waals surface area (Å²) in [6.07, 6.45) is 3.22. The van der Waals surface area contributed by atoms with Crippen LogP contribution in [-0.4, -0.2) is 15.2 Å². The van der Waals surface area contributed by atoms with Crippen LogP contribution in [0.15, 0.2) is 53.3 Å². The second kappa shape index (κ2) is 6.04. The van der Waals surface area contributed by atoms with Gasteiger partial charge in [0, 0.05) is 5.69 Å². The van der Waals surface area contributed by atoms with Crippen LogP contribution in [0.2, 0.25) is 0 Å². The van der Waals surface area contributed by atoms with E-state index < -0.39 is 0 Å². The molecular weight excluding hydrogens is 266 g/mol. The molecule has 2 N–H and O–H groups in total. The summed E-state index contributed by atoms with van der Waals surface area (Å²) in [5, 5.41) is 14.2. The van der Waals surface area contributed by atoms with E-state index in [1.54, 1.807) is 12.5 Å².